The molecule has 0 bridgehead atoms. The van der Waals surface area contributed by atoms with E-state index in [9.17, 15) is 0 Å². The van der Waals surface area contributed by atoms with E-state index in [4.69, 9.17) is 0 Å². The lowest BCUT2D eigenvalue weighted by atomic mass is 10.2. The van der Waals surface area contributed by atoms with E-state index in [-0.39, 0.29) is 0 Å². The zero-order chi connectivity index (χ0) is 7.68. The van der Waals surface area contributed by atoms with Crippen molar-refractivity contribution in [2.75, 3.05) is 6.54 Å². The molecule has 1 fully saturated rings. The van der Waals surface area contributed by atoms with Crippen LogP contribution in [0.3, 0.4) is 0 Å². The lowest BCUT2D eigenvalue weighted by Crippen LogP contribution is -1.90. The number of pyridine rings is 1. The van der Waals surface area contributed by atoms with E-state index in [1.54, 1.807) is 6.08 Å². The zero-order valence-electron chi connectivity index (χ0n) is 6.25. The summed E-state index contributed by atoms with van der Waals surface area (Å²) in [5.41, 5.74) is 2.08. The van der Waals surface area contributed by atoms with Gasteiger partial charge in [0.15, 0.2) is 0 Å². The summed E-state index contributed by atoms with van der Waals surface area (Å²) >= 11 is 0. The van der Waals surface area contributed by atoms with Crippen LogP contribution in [0.2, 0.25) is 0 Å². The van der Waals surface area contributed by atoms with Gasteiger partial charge < -0.3 is 5.32 Å². The lowest BCUT2D eigenvalue weighted by Gasteiger charge is -1.96. The third kappa shape index (κ3) is 1.30. The van der Waals surface area contributed by atoms with Crippen LogP contribution in [0.4, 0.5) is 0 Å². The predicted molar refractivity (Wildman–Crippen MR) is 45.1 cm³/mol. The topological polar surface area (TPSA) is 34.8 Å². The monoisotopic (exact) mass is 146 g/mol. The Morgan fingerprint density at radius 3 is 3.09 bits per heavy atom. The van der Waals surface area contributed by atoms with Crippen molar-refractivity contribution in [1.29, 1.82) is 0 Å². The van der Waals surface area contributed by atoms with Gasteiger partial charge in [-0.05, 0) is 18.2 Å². The zero-order valence-corrected chi connectivity index (χ0v) is 6.25. The Kier molecular flexibility index (Phi) is 1.47. The average Bonchev–Trinajstić information content (AvgIpc) is 2.87. The molecule has 2 heteroatoms. The first-order valence-corrected chi connectivity index (χ1v) is 3.73. The normalized spacial score (nSPS) is 21.3. The average molecular weight is 146 g/mol. The maximum absolute atomic E-state index is 4.37. The van der Waals surface area contributed by atoms with Gasteiger partial charge in [-0.2, -0.15) is 0 Å². The second-order valence-electron chi connectivity index (χ2n) is 2.65. The highest BCUT2D eigenvalue weighted by Gasteiger charge is 2.23. The van der Waals surface area contributed by atoms with Crippen molar-refractivity contribution in [3.05, 3.63) is 36.2 Å². The summed E-state index contributed by atoms with van der Waals surface area (Å²) in [4.78, 5) is 4.37. The second-order valence-corrected chi connectivity index (χ2v) is 2.65. The summed E-state index contributed by atoms with van der Waals surface area (Å²) in [7, 11) is 0. The van der Waals surface area contributed by atoms with E-state index < -0.39 is 0 Å². The van der Waals surface area contributed by atoms with E-state index in [1.807, 2.05) is 18.2 Å². The summed E-state index contributed by atoms with van der Waals surface area (Å²) in [6, 6.07) is 6.51. The molecule has 0 spiro atoms. The maximum Gasteiger partial charge on any atom is 0.0627 e. The highest BCUT2D eigenvalue weighted by Crippen LogP contribution is 2.18. The lowest BCUT2D eigenvalue weighted by molar-refractivity contribution is 0.988. The molecule has 1 aliphatic heterocycles. The Labute approximate surface area is 66.0 Å². The quantitative estimate of drug-likeness (QED) is 0.639. The fourth-order valence-corrected chi connectivity index (χ4v) is 1.04. The number of hydrogen-bond acceptors (Lipinski definition) is 2. The Morgan fingerprint density at radius 2 is 2.45 bits per heavy atom. The maximum atomic E-state index is 4.37. The molecule has 2 rings (SSSR count). The molecule has 0 aromatic carbocycles. The molecule has 0 radical (unpaired) electrons. The molecule has 2 heterocycles. The summed E-state index contributed by atoms with van der Waals surface area (Å²) in [6.07, 6.45) is 1.77. The van der Waals surface area contributed by atoms with Crippen LogP contribution in [0.5, 0.6) is 0 Å². The number of aromatic nitrogens is 1. The van der Waals surface area contributed by atoms with Crippen molar-refractivity contribution < 1.29 is 0 Å². The van der Waals surface area contributed by atoms with E-state index >= 15 is 0 Å². The predicted octanol–water partition coefficient (Wildman–Crippen LogP) is 1.37. The fourth-order valence-electron chi connectivity index (χ4n) is 1.04. The van der Waals surface area contributed by atoms with Crippen LogP contribution in [0.25, 0.3) is 6.08 Å². The first kappa shape index (κ1) is 6.55. The number of rotatable bonds is 2. The van der Waals surface area contributed by atoms with Crippen molar-refractivity contribution in [3.8, 4) is 0 Å². The van der Waals surface area contributed by atoms with Gasteiger partial charge in [0.05, 0.1) is 17.4 Å². The summed E-state index contributed by atoms with van der Waals surface area (Å²) in [5, 5.41) is 3.21. The van der Waals surface area contributed by atoms with Crippen molar-refractivity contribution >= 4 is 6.08 Å². The van der Waals surface area contributed by atoms with E-state index in [2.05, 4.69) is 16.9 Å². The van der Waals surface area contributed by atoms with Crippen LogP contribution in [0.1, 0.15) is 17.4 Å². The van der Waals surface area contributed by atoms with Gasteiger partial charge in [0.2, 0.25) is 0 Å². The summed E-state index contributed by atoms with van der Waals surface area (Å²) < 4.78 is 0. The van der Waals surface area contributed by atoms with Gasteiger partial charge in [0.25, 0.3) is 0 Å². The van der Waals surface area contributed by atoms with E-state index in [1.165, 1.54) is 0 Å². The molecule has 11 heavy (non-hydrogen) atoms. The first-order valence-electron chi connectivity index (χ1n) is 3.73. The molecule has 2 nitrogen and oxygen atoms in total. The van der Waals surface area contributed by atoms with E-state index in [0.29, 0.717) is 6.04 Å². The number of hydrogen-bond donors (Lipinski definition) is 1. The fraction of sp³-hybridized carbons (Fsp3) is 0.222. The molecule has 1 atom stereocenters. The van der Waals surface area contributed by atoms with Crippen molar-refractivity contribution in [1.82, 2.24) is 10.3 Å². The molecule has 0 amide bonds. The van der Waals surface area contributed by atoms with Gasteiger partial charge in [0, 0.05) is 6.54 Å². The minimum atomic E-state index is 0.495. The van der Waals surface area contributed by atoms with Gasteiger partial charge >= 0.3 is 0 Å². The van der Waals surface area contributed by atoms with Crippen LogP contribution >= 0.6 is 0 Å². The molecule has 56 valence electrons. The minimum absolute atomic E-state index is 0.495. The van der Waals surface area contributed by atoms with Gasteiger partial charge in [-0.3, -0.25) is 4.98 Å². The second kappa shape index (κ2) is 2.47. The Morgan fingerprint density at radius 1 is 1.64 bits per heavy atom. The van der Waals surface area contributed by atoms with Crippen molar-refractivity contribution in [2.24, 2.45) is 0 Å². The van der Waals surface area contributed by atoms with Crippen molar-refractivity contribution in [2.45, 2.75) is 6.04 Å². The molecule has 0 aliphatic carbocycles. The minimum Gasteiger partial charge on any atom is -0.306 e. The highest BCUT2D eigenvalue weighted by molar-refractivity contribution is 5.41. The van der Waals surface area contributed by atoms with Crippen LogP contribution in [0, 0.1) is 0 Å². The molecular formula is C9H10N2. The SMILES string of the molecule is C=Cc1cccc([C@@H]2CN2)n1. The molecule has 1 aromatic heterocycles. The smallest absolute Gasteiger partial charge is 0.0627 e. The van der Waals surface area contributed by atoms with Crippen LogP contribution in [0.15, 0.2) is 24.8 Å². The third-order valence-electron chi connectivity index (χ3n) is 1.77. The Bertz CT molecular complexity index is 277. The molecule has 0 unspecified atom stereocenters. The Balaban J connectivity index is 2.33. The highest BCUT2D eigenvalue weighted by atomic mass is 15.1. The Hall–Kier alpha value is -1.15. The largest absolute Gasteiger partial charge is 0.306 e. The van der Waals surface area contributed by atoms with Crippen molar-refractivity contribution in [3.63, 3.8) is 0 Å². The number of nitrogens with one attached hydrogen (secondary N) is 1. The number of nitrogens with zero attached hydrogens (tertiary/aromatic N) is 1. The van der Waals surface area contributed by atoms with Gasteiger partial charge in [0.1, 0.15) is 0 Å². The third-order valence-corrected chi connectivity index (χ3v) is 1.77. The molecule has 0 saturated carbocycles. The standard InChI is InChI=1S/C9H10N2/c1-2-7-4-3-5-8(11-7)9-6-10-9/h2-5,9-10H,1,6H2/t9-/m0/s1. The molecular weight excluding hydrogens is 136 g/mol. The van der Waals surface area contributed by atoms with Gasteiger partial charge in [-0.25, -0.2) is 0 Å². The van der Waals surface area contributed by atoms with Crippen LogP contribution < -0.4 is 5.32 Å². The molecule has 1 N–H and O–H groups in total. The van der Waals surface area contributed by atoms with Crippen LogP contribution in [-0.2, 0) is 0 Å². The molecule has 1 saturated heterocycles. The van der Waals surface area contributed by atoms with Gasteiger partial charge in [-0.1, -0.05) is 12.6 Å². The van der Waals surface area contributed by atoms with Gasteiger partial charge in [-0.15, -0.1) is 0 Å². The molecule has 1 aliphatic rings. The summed E-state index contributed by atoms with van der Waals surface area (Å²) in [6.45, 7) is 4.73. The molecule has 1 aromatic rings. The summed E-state index contributed by atoms with van der Waals surface area (Å²) in [5.74, 6) is 0. The van der Waals surface area contributed by atoms with E-state index in [0.717, 1.165) is 17.9 Å². The van der Waals surface area contributed by atoms with Crippen LogP contribution in [-0.4, -0.2) is 11.5 Å². The first-order chi connectivity index (χ1) is 5.40.